The van der Waals surface area contributed by atoms with E-state index < -0.39 is 0 Å². The minimum Gasteiger partial charge on any atom is -0.339 e. The van der Waals surface area contributed by atoms with Crippen LogP contribution in [0.25, 0.3) is 11.4 Å². The molecule has 1 aromatic heterocycles. The van der Waals surface area contributed by atoms with Crippen molar-refractivity contribution in [3.8, 4) is 11.4 Å². The Labute approximate surface area is 114 Å². The van der Waals surface area contributed by atoms with E-state index in [1.165, 1.54) is 11.1 Å². The number of nitrogens with two attached hydrogens (primary N) is 1. The van der Waals surface area contributed by atoms with Crippen LogP contribution in [0.2, 0.25) is 0 Å². The molecular weight excluding hydrogens is 238 g/mol. The standard InChI is InChI=1S/C13H15N3O.C2H6/c1-2-12-15-13(16-17-12)9-3-5-10-8(7-9)4-6-11(10)14;1-2/h3,5,7,11H,2,4,6,14H2,1H3;1-2H3. The van der Waals surface area contributed by atoms with Crippen LogP contribution in [0.15, 0.2) is 22.7 Å². The number of benzene rings is 1. The van der Waals surface area contributed by atoms with Gasteiger partial charge < -0.3 is 10.3 Å². The third-order valence-corrected chi connectivity index (χ3v) is 3.30. The molecule has 0 bridgehead atoms. The summed E-state index contributed by atoms with van der Waals surface area (Å²) in [6.45, 7) is 6.00. The van der Waals surface area contributed by atoms with Crippen molar-refractivity contribution in [2.75, 3.05) is 0 Å². The predicted octanol–water partition coefficient (Wildman–Crippen LogP) is 3.27. The van der Waals surface area contributed by atoms with Gasteiger partial charge in [0, 0.05) is 18.0 Å². The van der Waals surface area contributed by atoms with Gasteiger partial charge in [-0.1, -0.05) is 38.1 Å². The summed E-state index contributed by atoms with van der Waals surface area (Å²) in [4.78, 5) is 4.33. The summed E-state index contributed by atoms with van der Waals surface area (Å²) in [5.41, 5.74) is 9.60. The molecule has 102 valence electrons. The fourth-order valence-corrected chi connectivity index (χ4v) is 2.31. The normalized spacial score (nSPS) is 16.7. The zero-order valence-corrected chi connectivity index (χ0v) is 11.8. The van der Waals surface area contributed by atoms with E-state index in [1.807, 2.05) is 26.8 Å². The fraction of sp³-hybridized carbons (Fsp3) is 0.467. The van der Waals surface area contributed by atoms with E-state index in [4.69, 9.17) is 10.3 Å². The lowest BCUT2D eigenvalue weighted by Crippen LogP contribution is -2.04. The molecule has 2 aromatic rings. The molecule has 1 aromatic carbocycles. The second-order valence-corrected chi connectivity index (χ2v) is 4.42. The molecule has 0 spiro atoms. The quantitative estimate of drug-likeness (QED) is 0.899. The average Bonchev–Trinajstić information content (AvgIpc) is 3.08. The molecule has 19 heavy (non-hydrogen) atoms. The van der Waals surface area contributed by atoms with Crippen molar-refractivity contribution in [3.05, 3.63) is 35.2 Å². The Bertz CT molecular complexity index is 548. The van der Waals surface area contributed by atoms with Crippen molar-refractivity contribution in [2.24, 2.45) is 5.73 Å². The van der Waals surface area contributed by atoms with Crippen molar-refractivity contribution in [2.45, 2.75) is 46.1 Å². The summed E-state index contributed by atoms with van der Waals surface area (Å²) in [5, 5.41) is 3.98. The molecule has 0 fully saturated rings. The van der Waals surface area contributed by atoms with E-state index in [0.29, 0.717) is 11.7 Å². The van der Waals surface area contributed by atoms with Gasteiger partial charge in [-0.3, -0.25) is 0 Å². The zero-order chi connectivity index (χ0) is 13.8. The van der Waals surface area contributed by atoms with Crippen LogP contribution in [0.1, 0.15) is 50.3 Å². The van der Waals surface area contributed by atoms with Crippen molar-refractivity contribution in [1.82, 2.24) is 10.1 Å². The summed E-state index contributed by atoms with van der Waals surface area (Å²) >= 11 is 0. The molecule has 4 heteroatoms. The first-order valence-corrected chi connectivity index (χ1v) is 6.99. The Balaban J connectivity index is 0.000000637. The highest BCUT2D eigenvalue weighted by Crippen LogP contribution is 2.31. The summed E-state index contributed by atoms with van der Waals surface area (Å²) in [6.07, 6.45) is 2.84. The maximum absolute atomic E-state index is 6.01. The lowest BCUT2D eigenvalue weighted by molar-refractivity contribution is 0.383. The van der Waals surface area contributed by atoms with Crippen LogP contribution >= 0.6 is 0 Å². The van der Waals surface area contributed by atoms with Crippen molar-refractivity contribution < 1.29 is 4.52 Å². The van der Waals surface area contributed by atoms with E-state index in [9.17, 15) is 0 Å². The van der Waals surface area contributed by atoms with Gasteiger partial charge in [0.15, 0.2) is 0 Å². The van der Waals surface area contributed by atoms with Gasteiger partial charge in [-0.15, -0.1) is 0 Å². The molecule has 1 aliphatic carbocycles. The highest BCUT2D eigenvalue weighted by atomic mass is 16.5. The molecule has 0 radical (unpaired) electrons. The molecule has 4 nitrogen and oxygen atoms in total. The van der Waals surface area contributed by atoms with Gasteiger partial charge >= 0.3 is 0 Å². The summed E-state index contributed by atoms with van der Waals surface area (Å²) in [5.74, 6) is 1.35. The summed E-state index contributed by atoms with van der Waals surface area (Å²) in [6, 6.07) is 6.43. The first kappa shape index (κ1) is 13.7. The van der Waals surface area contributed by atoms with Gasteiger partial charge in [0.2, 0.25) is 11.7 Å². The van der Waals surface area contributed by atoms with Crippen LogP contribution in [-0.2, 0) is 12.8 Å². The molecular formula is C15H21N3O. The van der Waals surface area contributed by atoms with Crippen molar-refractivity contribution >= 4 is 0 Å². The average molecular weight is 259 g/mol. The molecule has 0 aliphatic heterocycles. The van der Waals surface area contributed by atoms with Crippen molar-refractivity contribution in [3.63, 3.8) is 0 Å². The third-order valence-electron chi connectivity index (χ3n) is 3.30. The van der Waals surface area contributed by atoms with Gasteiger partial charge in [-0.05, 0) is 30.0 Å². The molecule has 0 saturated carbocycles. The molecule has 1 unspecified atom stereocenters. The van der Waals surface area contributed by atoms with E-state index in [1.54, 1.807) is 0 Å². The minimum atomic E-state index is 0.190. The number of aromatic nitrogens is 2. The van der Waals surface area contributed by atoms with Crippen LogP contribution in [0.5, 0.6) is 0 Å². The topological polar surface area (TPSA) is 64.9 Å². The van der Waals surface area contributed by atoms with Gasteiger partial charge in [-0.2, -0.15) is 4.98 Å². The SMILES string of the molecule is CC.CCc1nc(-c2ccc3c(c2)CCC3N)no1. The van der Waals surface area contributed by atoms with Crippen LogP contribution in [0.4, 0.5) is 0 Å². The second kappa shape index (κ2) is 5.97. The number of fused-ring (bicyclic) bond motifs is 1. The van der Waals surface area contributed by atoms with E-state index in [0.717, 1.165) is 24.8 Å². The first-order valence-electron chi connectivity index (χ1n) is 6.99. The maximum atomic E-state index is 6.01. The molecule has 1 atom stereocenters. The van der Waals surface area contributed by atoms with Gasteiger partial charge in [0.1, 0.15) is 0 Å². The van der Waals surface area contributed by atoms with Gasteiger partial charge in [-0.25, -0.2) is 0 Å². The van der Waals surface area contributed by atoms with E-state index in [2.05, 4.69) is 22.3 Å². The van der Waals surface area contributed by atoms with E-state index >= 15 is 0 Å². The second-order valence-electron chi connectivity index (χ2n) is 4.42. The van der Waals surface area contributed by atoms with Crippen molar-refractivity contribution in [1.29, 1.82) is 0 Å². The van der Waals surface area contributed by atoms with Crippen LogP contribution in [0, 0.1) is 0 Å². The van der Waals surface area contributed by atoms with Crippen LogP contribution in [-0.4, -0.2) is 10.1 Å². The highest BCUT2D eigenvalue weighted by molar-refractivity contribution is 5.58. The molecule has 1 aliphatic rings. The fourth-order valence-electron chi connectivity index (χ4n) is 2.31. The van der Waals surface area contributed by atoms with Crippen LogP contribution in [0.3, 0.4) is 0 Å². The molecule has 0 amide bonds. The lowest BCUT2D eigenvalue weighted by Gasteiger charge is -2.04. The van der Waals surface area contributed by atoms with E-state index in [-0.39, 0.29) is 6.04 Å². The molecule has 0 saturated heterocycles. The van der Waals surface area contributed by atoms with Gasteiger partial charge in [0.05, 0.1) is 0 Å². The zero-order valence-electron chi connectivity index (χ0n) is 11.8. The molecule has 1 heterocycles. The lowest BCUT2D eigenvalue weighted by atomic mass is 10.0. The number of hydrogen-bond acceptors (Lipinski definition) is 4. The van der Waals surface area contributed by atoms with Crippen LogP contribution < -0.4 is 5.73 Å². The Morgan fingerprint density at radius 2 is 2.16 bits per heavy atom. The monoisotopic (exact) mass is 259 g/mol. The predicted molar refractivity (Wildman–Crippen MR) is 75.7 cm³/mol. The third kappa shape index (κ3) is 2.68. The highest BCUT2D eigenvalue weighted by Gasteiger charge is 2.20. The molecule has 3 rings (SSSR count). The Morgan fingerprint density at radius 1 is 1.37 bits per heavy atom. The number of rotatable bonds is 2. The first-order chi connectivity index (χ1) is 9.28. The smallest absolute Gasteiger partial charge is 0.226 e. The summed E-state index contributed by atoms with van der Waals surface area (Å²) < 4.78 is 5.12. The number of nitrogens with zero attached hydrogens (tertiary/aromatic N) is 2. The summed E-state index contributed by atoms with van der Waals surface area (Å²) in [7, 11) is 0. The van der Waals surface area contributed by atoms with Gasteiger partial charge in [0.25, 0.3) is 0 Å². The Hall–Kier alpha value is -1.68. The Kier molecular flexibility index (Phi) is 4.32. The largest absolute Gasteiger partial charge is 0.339 e. The molecule has 2 N–H and O–H groups in total. The minimum absolute atomic E-state index is 0.190. The number of aryl methyl sites for hydroxylation is 2. The maximum Gasteiger partial charge on any atom is 0.226 e. The number of hydrogen-bond donors (Lipinski definition) is 1. The Morgan fingerprint density at radius 3 is 2.84 bits per heavy atom.